The third-order valence-corrected chi connectivity index (χ3v) is 12.5. The van der Waals surface area contributed by atoms with Crippen molar-refractivity contribution in [2.24, 2.45) is 0 Å². The third-order valence-electron chi connectivity index (χ3n) is 12.5. The lowest BCUT2D eigenvalue weighted by Crippen LogP contribution is -2.53. The fourth-order valence-corrected chi connectivity index (χ4v) is 8.35. The van der Waals surface area contributed by atoms with Crippen LogP contribution in [0, 0.1) is 0 Å². The fourth-order valence-electron chi connectivity index (χ4n) is 8.35. The van der Waals surface area contributed by atoms with Gasteiger partial charge in [-0.3, -0.25) is 4.79 Å². The lowest BCUT2D eigenvalue weighted by molar-refractivity contribution is -0.132. The summed E-state index contributed by atoms with van der Waals surface area (Å²) < 4.78 is 0. The van der Waals surface area contributed by atoms with Crippen molar-refractivity contribution in [3.05, 3.63) is 12.2 Å². The maximum absolute atomic E-state index is 12.5. The smallest absolute Gasteiger partial charge is 0.249 e. The summed E-state index contributed by atoms with van der Waals surface area (Å²) >= 11 is 0. The highest BCUT2D eigenvalue weighted by atomic mass is 16.3. The van der Waals surface area contributed by atoms with Gasteiger partial charge in [-0.1, -0.05) is 257 Å². The van der Waals surface area contributed by atoms with Crippen molar-refractivity contribution in [2.45, 2.75) is 308 Å². The molecule has 0 radical (unpaired) electrons. The van der Waals surface area contributed by atoms with Crippen LogP contribution in [-0.4, -0.2) is 57.3 Å². The zero-order valence-electron chi connectivity index (χ0n) is 39.1. The van der Waals surface area contributed by atoms with Crippen molar-refractivity contribution < 1.29 is 25.2 Å². The Hall–Kier alpha value is -0.950. The standard InChI is InChI=1S/C52H103NO5/c1-3-5-7-9-11-13-15-16-17-18-19-20-21-22-23-24-25-26-27-28-29-30-31-32-33-34-35-36-38-39-41-43-45-49(55)51(57)48(47-54)53-52(58)50(56)46-44-42-40-37-14-12-10-8-6-4-2/h38-39,48-51,54-57H,3-37,40-47H2,1-2H3,(H,53,58)/b39-38+. The highest BCUT2D eigenvalue weighted by Crippen LogP contribution is 2.18. The van der Waals surface area contributed by atoms with Crippen molar-refractivity contribution in [3.8, 4) is 0 Å². The number of aliphatic hydroxyl groups excluding tert-OH is 4. The minimum absolute atomic E-state index is 0.366. The van der Waals surface area contributed by atoms with Gasteiger partial charge in [-0.2, -0.15) is 0 Å². The molecule has 4 unspecified atom stereocenters. The Balaban J connectivity index is 3.55. The van der Waals surface area contributed by atoms with Crippen LogP contribution in [0.1, 0.15) is 284 Å². The van der Waals surface area contributed by atoms with E-state index in [0.717, 1.165) is 38.5 Å². The van der Waals surface area contributed by atoms with Gasteiger partial charge in [-0.25, -0.2) is 0 Å². The van der Waals surface area contributed by atoms with Crippen LogP contribution in [0.3, 0.4) is 0 Å². The lowest BCUT2D eigenvalue weighted by Gasteiger charge is -2.27. The van der Waals surface area contributed by atoms with E-state index >= 15 is 0 Å². The van der Waals surface area contributed by atoms with Gasteiger partial charge in [0.25, 0.3) is 0 Å². The topological polar surface area (TPSA) is 110 Å². The van der Waals surface area contributed by atoms with E-state index in [1.54, 1.807) is 0 Å². The number of nitrogens with one attached hydrogen (secondary N) is 1. The summed E-state index contributed by atoms with van der Waals surface area (Å²) in [5.74, 6) is -0.592. The van der Waals surface area contributed by atoms with Crippen LogP contribution in [0.15, 0.2) is 12.2 Å². The van der Waals surface area contributed by atoms with Crippen molar-refractivity contribution in [2.75, 3.05) is 6.61 Å². The van der Waals surface area contributed by atoms with E-state index in [2.05, 4.69) is 31.3 Å². The van der Waals surface area contributed by atoms with Crippen molar-refractivity contribution >= 4 is 5.91 Å². The average molecular weight is 822 g/mol. The molecule has 0 aromatic heterocycles. The minimum atomic E-state index is -1.28. The summed E-state index contributed by atoms with van der Waals surface area (Å²) in [6.07, 6.45) is 54.4. The predicted molar refractivity (Wildman–Crippen MR) is 251 cm³/mol. The second kappa shape index (κ2) is 47.1. The zero-order chi connectivity index (χ0) is 42.4. The Labute approximate surface area is 362 Å². The largest absolute Gasteiger partial charge is 0.394 e. The van der Waals surface area contributed by atoms with E-state index in [4.69, 9.17) is 0 Å². The second-order valence-electron chi connectivity index (χ2n) is 18.2. The first kappa shape index (κ1) is 57.1. The van der Waals surface area contributed by atoms with Gasteiger partial charge in [0, 0.05) is 0 Å². The molecule has 0 aliphatic carbocycles. The summed E-state index contributed by atoms with van der Waals surface area (Å²) in [6, 6.07) is -0.997. The van der Waals surface area contributed by atoms with Crippen LogP contribution in [0.5, 0.6) is 0 Å². The van der Waals surface area contributed by atoms with E-state index < -0.39 is 36.9 Å². The molecule has 4 atom stereocenters. The van der Waals surface area contributed by atoms with Crippen LogP contribution < -0.4 is 5.32 Å². The molecule has 0 saturated heterocycles. The fraction of sp³-hybridized carbons (Fsp3) is 0.942. The Kier molecular flexibility index (Phi) is 46.3. The minimum Gasteiger partial charge on any atom is -0.394 e. The summed E-state index contributed by atoms with van der Waals surface area (Å²) in [7, 11) is 0. The van der Waals surface area contributed by atoms with Crippen LogP contribution in [0.4, 0.5) is 0 Å². The highest BCUT2D eigenvalue weighted by Gasteiger charge is 2.28. The average Bonchev–Trinajstić information content (AvgIpc) is 3.23. The van der Waals surface area contributed by atoms with E-state index in [9.17, 15) is 25.2 Å². The number of allylic oxidation sites excluding steroid dienone is 2. The molecule has 58 heavy (non-hydrogen) atoms. The van der Waals surface area contributed by atoms with Gasteiger partial charge in [-0.05, 0) is 38.5 Å². The number of rotatable bonds is 48. The highest BCUT2D eigenvalue weighted by molar-refractivity contribution is 5.80. The van der Waals surface area contributed by atoms with E-state index in [1.165, 1.54) is 218 Å². The molecule has 6 nitrogen and oxygen atoms in total. The Morgan fingerprint density at radius 3 is 1.03 bits per heavy atom. The molecule has 5 N–H and O–H groups in total. The molecule has 0 bridgehead atoms. The molecule has 346 valence electrons. The van der Waals surface area contributed by atoms with Gasteiger partial charge in [0.05, 0.1) is 18.8 Å². The molecule has 0 rings (SSSR count). The predicted octanol–water partition coefficient (Wildman–Crippen LogP) is 14.5. The number of hydrogen-bond donors (Lipinski definition) is 5. The number of amides is 1. The molecule has 0 aliphatic heterocycles. The molecule has 0 aromatic carbocycles. The van der Waals surface area contributed by atoms with E-state index in [1.807, 2.05) is 0 Å². The first-order valence-corrected chi connectivity index (χ1v) is 26.1. The summed E-state index contributed by atoms with van der Waals surface area (Å²) in [4.78, 5) is 12.5. The SMILES string of the molecule is CCCCCCCCCCCCCCCCCCCCCCCCCCCCC/C=C/CCCC(O)C(O)C(CO)NC(=O)C(O)CCCCCCCCCCCC. The molecule has 1 amide bonds. The Morgan fingerprint density at radius 1 is 0.414 bits per heavy atom. The Morgan fingerprint density at radius 2 is 0.707 bits per heavy atom. The summed E-state index contributed by atoms with van der Waals surface area (Å²) in [6.45, 7) is 4.04. The van der Waals surface area contributed by atoms with Gasteiger partial charge in [0.2, 0.25) is 5.91 Å². The maximum atomic E-state index is 12.5. The van der Waals surface area contributed by atoms with Crippen LogP contribution in [0.2, 0.25) is 0 Å². The molecule has 0 fully saturated rings. The Bertz CT molecular complexity index is 837. The molecule has 0 heterocycles. The van der Waals surface area contributed by atoms with Crippen LogP contribution in [0.25, 0.3) is 0 Å². The number of hydrogen-bond acceptors (Lipinski definition) is 5. The molecule has 0 aliphatic rings. The zero-order valence-corrected chi connectivity index (χ0v) is 39.1. The normalized spacial score (nSPS) is 14.0. The van der Waals surface area contributed by atoms with Gasteiger partial charge < -0.3 is 25.7 Å². The van der Waals surface area contributed by atoms with Crippen LogP contribution >= 0.6 is 0 Å². The quantitative estimate of drug-likeness (QED) is 0.0310. The molecule has 0 aromatic rings. The van der Waals surface area contributed by atoms with E-state index in [0.29, 0.717) is 12.8 Å². The van der Waals surface area contributed by atoms with E-state index in [-0.39, 0.29) is 0 Å². The van der Waals surface area contributed by atoms with Crippen molar-refractivity contribution in [3.63, 3.8) is 0 Å². The van der Waals surface area contributed by atoms with Gasteiger partial charge in [0.1, 0.15) is 12.2 Å². The van der Waals surface area contributed by atoms with Crippen molar-refractivity contribution in [1.82, 2.24) is 5.32 Å². The van der Waals surface area contributed by atoms with Gasteiger partial charge in [0.15, 0.2) is 0 Å². The van der Waals surface area contributed by atoms with Crippen molar-refractivity contribution in [1.29, 1.82) is 0 Å². The number of unbranched alkanes of at least 4 members (excludes halogenated alkanes) is 37. The lowest BCUT2D eigenvalue weighted by atomic mass is 10.00. The molecule has 6 heteroatoms. The summed E-state index contributed by atoms with van der Waals surface area (Å²) in [5, 5.41) is 43.6. The molecule has 0 spiro atoms. The molecular formula is C52H103NO5. The molecular weight excluding hydrogens is 719 g/mol. The van der Waals surface area contributed by atoms with Gasteiger partial charge in [-0.15, -0.1) is 0 Å². The second-order valence-corrected chi connectivity index (χ2v) is 18.2. The summed E-state index contributed by atoms with van der Waals surface area (Å²) in [5.41, 5.74) is 0. The number of aliphatic hydroxyl groups is 4. The molecule has 0 saturated carbocycles. The number of carbonyl (C=O) groups excluding carboxylic acids is 1. The maximum Gasteiger partial charge on any atom is 0.249 e. The third kappa shape index (κ3) is 40.5. The first-order valence-electron chi connectivity index (χ1n) is 26.1. The van der Waals surface area contributed by atoms with Gasteiger partial charge >= 0.3 is 0 Å². The monoisotopic (exact) mass is 822 g/mol. The number of carbonyl (C=O) groups is 1. The van der Waals surface area contributed by atoms with Crippen LogP contribution in [-0.2, 0) is 4.79 Å². The first-order chi connectivity index (χ1) is 28.5.